The Bertz CT molecular complexity index is 1170. The van der Waals surface area contributed by atoms with Crippen molar-refractivity contribution in [1.82, 2.24) is 24.9 Å². The number of aromatic nitrogens is 5. The minimum Gasteiger partial charge on any atom is -0.351 e. The molecular formula is C20H16F7N7. The van der Waals surface area contributed by atoms with E-state index in [0.717, 1.165) is 24.4 Å². The summed E-state index contributed by atoms with van der Waals surface area (Å²) in [4.78, 5) is 19.2. The summed E-state index contributed by atoms with van der Waals surface area (Å²) < 4.78 is 92.4. The number of nitrogens with zero attached hydrogens (tertiary/aromatic N) is 5. The second kappa shape index (κ2) is 8.99. The molecule has 1 aliphatic carbocycles. The highest BCUT2D eigenvalue weighted by atomic mass is 19.4. The van der Waals surface area contributed by atoms with Gasteiger partial charge in [0, 0.05) is 30.8 Å². The van der Waals surface area contributed by atoms with Crippen molar-refractivity contribution >= 4 is 17.6 Å². The first-order valence-corrected chi connectivity index (χ1v) is 9.95. The quantitative estimate of drug-likeness (QED) is 0.436. The van der Waals surface area contributed by atoms with E-state index in [-0.39, 0.29) is 41.9 Å². The fourth-order valence-corrected chi connectivity index (χ4v) is 3.36. The van der Waals surface area contributed by atoms with E-state index < -0.39 is 42.4 Å². The maximum atomic E-state index is 13.6. The molecule has 0 spiro atoms. The first kappa shape index (κ1) is 23.6. The van der Waals surface area contributed by atoms with E-state index in [4.69, 9.17) is 0 Å². The van der Waals surface area contributed by atoms with Crippen LogP contribution < -0.4 is 10.6 Å². The number of pyridine rings is 2. The monoisotopic (exact) mass is 487 g/mol. The lowest BCUT2D eigenvalue weighted by Crippen LogP contribution is -2.21. The number of halogens is 7. The van der Waals surface area contributed by atoms with Crippen molar-refractivity contribution in [1.29, 1.82) is 0 Å². The molecule has 3 heterocycles. The van der Waals surface area contributed by atoms with Crippen molar-refractivity contribution in [3.63, 3.8) is 0 Å². The Morgan fingerprint density at radius 1 is 1.00 bits per heavy atom. The van der Waals surface area contributed by atoms with Gasteiger partial charge in [-0.2, -0.15) is 28.1 Å². The molecule has 3 aromatic rings. The average molecular weight is 487 g/mol. The van der Waals surface area contributed by atoms with Crippen molar-refractivity contribution in [2.45, 2.75) is 43.8 Å². The van der Waals surface area contributed by atoms with Crippen LogP contribution in [0.4, 0.5) is 48.3 Å². The second-order valence-electron chi connectivity index (χ2n) is 7.55. The zero-order valence-corrected chi connectivity index (χ0v) is 17.1. The summed E-state index contributed by atoms with van der Waals surface area (Å²) in [6, 6.07) is 4.84. The van der Waals surface area contributed by atoms with Crippen molar-refractivity contribution in [3.05, 3.63) is 47.9 Å². The van der Waals surface area contributed by atoms with Gasteiger partial charge in [0.05, 0.1) is 0 Å². The van der Waals surface area contributed by atoms with Crippen molar-refractivity contribution < 1.29 is 30.7 Å². The Labute approximate surface area is 187 Å². The van der Waals surface area contributed by atoms with E-state index in [1.54, 1.807) is 0 Å². The van der Waals surface area contributed by atoms with Crippen LogP contribution in [-0.4, -0.2) is 36.9 Å². The van der Waals surface area contributed by atoms with Crippen LogP contribution in [0.2, 0.25) is 0 Å². The third-order valence-electron chi connectivity index (χ3n) is 4.90. The molecule has 0 aliphatic heterocycles. The van der Waals surface area contributed by atoms with Crippen molar-refractivity contribution in [2.24, 2.45) is 0 Å². The molecule has 0 radical (unpaired) electrons. The number of hydrogen-bond donors (Lipinski definition) is 2. The van der Waals surface area contributed by atoms with Crippen LogP contribution >= 0.6 is 0 Å². The lowest BCUT2D eigenvalue weighted by Gasteiger charge is -2.15. The Morgan fingerprint density at radius 3 is 2.44 bits per heavy atom. The maximum absolute atomic E-state index is 13.6. The molecule has 1 fully saturated rings. The average Bonchev–Trinajstić information content (AvgIpc) is 3.11. The molecule has 1 unspecified atom stereocenters. The minimum absolute atomic E-state index is 0.123. The molecule has 34 heavy (non-hydrogen) atoms. The summed E-state index contributed by atoms with van der Waals surface area (Å²) in [5.74, 6) is -3.54. The first-order chi connectivity index (χ1) is 16.0. The first-order valence-electron chi connectivity index (χ1n) is 9.95. The Balaban J connectivity index is 1.70. The lowest BCUT2D eigenvalue weighted by molar-refractivity contribution is -0.141. The number of rotatable bonds is 6. The largest absolute Gasteiger partial charge is 0.433 e. The van der Waals surface area contributed by atoms with Crippen LogP contribution in [0, 0.1) is 0 Å². The van der Waals surface area contributed by atoms with E-state index in [1.165, 1.54) is 12.1 Å². The molecule has 0 aromatic carbocycles. The molecule has 1 aliphatic rings. The number of alkyl halides is 7. The third kappa shape index (κ3) is 5.66. The molecule has 180 valence electrons. The van der Waals surface area contributed by atoms with Crippen LogP contribution in [0.25, 0.3) is 11.5 Å². The summed E-state index contributed by atoms with van der Waals surface area (Å²) in [5.41, 5.74) is -1.83. The molecule has 2 N–H and O–H groups in total. The highest BCUT2D eigenvalue weighted by Crippen LogP contribution is 2.36. The molecule has 0 saturated heterocycles. The number of anilines is 3. The predicted octanol–water partition coefficient (Wildman–Crippen LogP) is 5.63. The minimum atomic E-state index is -4.72. The van der Waals surface area contributed by atoms with E-state index in [1.807, 2.05) is 0 Å². The zero-order valence-electron chi connectivity index (χ0n) is 17.1. The Morgan fingerprint density at radius 2 is 1.76 bits per heavy atom. The van der Waals surface area contributed by atoms with Gasteiger partial charge < -0.3 is 10.6 Å². The molecule has 4 rings (SSSR count). The highest BCUT2D eigenvalue weighted by molar-refractivity contribution is 5.59. The molecule has 1 atom stereocenters. The third-order valence-corrected chi connectivity index (χ3v) is 4.90. The van der Waals surface area contributed by atoms with Crippen molar-refractivity contribution in [2.75, 3.05) is 10.6 Å². The van der Waals surface area contributed by atoms with Crippen LogP contribution in [0.3, 0.4) is 0 Å². The lowest BCUT2D eigenvalue weighted by atomic mass is 10.2. The summed E-state index contributed by atoms with van der Waals surface area (Å²) >= 11 is 0. The number of nitrogens with one attached hydrogen (secondary N) is 2. The molecule has 0 amide bonds. The number of hydrogen-bond acceptors (Lipinski definition) is 7. The van der Waals surface area contributed by atoms with Crippen LogP contribution in [0.1, 0.15) is 37.1 Å². The maximum Gasteiger partial charge on any atom is 0.433 e. The second-order valence-corrected chi connectivity index (χ2v) is 7.55. The van der Waals surface area contributed by atoms with Gasteiger partial charge >= 0.3 is 6.18 Å². The molecule has 7 nitrogen and oxygen atoms in total. The Hall–Kier alpha value is -3.58. The zero-order chi connectivity index (χ0) is 24.5. The fourth-order valence-electron chi connectivity index (χ4n) is 3.36. The highest BCUT2D eigenvalue weighted by Gasteiger charge is 2.39. The fraction of sp³-hybridized carbons (Fsp3) is 0.350. The van der Waals surface area contributed by atoms with Gasteiger partial charge in [0.15, 0.2) is 5.82 Å². The molecule has 0 bridgehead atoms. The van der Waals surface area contributed by atoms with E-state index in [2.05, 4.69) is 35.6 Å². The van der Waals surface area contributed by atoms with Gasteiger partial charge in [0.2, 0.25) is 17.8 Å². The molecule has 14 heteroatoms. The summed E-state index contributed by atoms with van der Waals surface area (Å²) in [5, 5.41) is 5.40. The van der Waals surface area contributed by atoms with Crippen LogP contribution in [0.5, 0.6) is 0 Å². The summed E-state index contributed by atoms with van der Waals surface area (Å²) in [7, 11) is 0. The smallest absolute Gasteiger partial charge is 0.351 e. The molecule has 3 aromatic heterocycles. The van der Waals surface area contributed by atoms with Gasteiger partial charge in [-0.15, -0.1) is 0 Å². The standard InChI is InChI=1S/C20H16F7N7/c21-15(22)13-8-10(5-7-28-13)29-17-32-16(12-2-1-3-14(31-12)20(25,26)27)33-18(34-17)30-11-4-6-19(23,24)9-11/h1-3,5,7-8,11,15H,4,6,9H2,(H2,28,29,30,32,33,34). The normalized spacial score (nSPS) is 17.7. The molecular weight excluding hydrogens is 471 g/mol. The van der Waals surface area contributed by atoms with E-state index >= 15 is 0 Å². The van der Waals surface area contributed by atoms with Gasteiger partial charge in [-0.3, -0.25) is 4.98 Å². The van der Waals surface area contributed by atoms with Gasteiger partial charge in [0.25, 0.3) is 6.43 Å². The van der Waals surface area contributed by atoms with E-state index in [9.17, 15) is 30.7 Å². The SMILES string of the molecule is FC(F)c1cc(Nc2nc(NC3CCC(F)(F)C3)nc(-c3cccc(C(F)(F)F)n3)n2)ccn1. The van der Waals surface area contributed by atoms with Gasteiger partial charge in [-0.05, 0) is 30.7 Å². The van der Waals surface area contributed by atoms with Gasteiger partial charge in [-0.25, -0.2) is 22.5 Å². The van der Waals surface area contributed by atoms with Crippen LogP contribution in [0.15, 0.2) is 36.5 Å². The summed E-state index contributed by atoms with van der Waals surface area (Å²) in [6.45, 7) is 0. The summed E-state index contributed by atoms with van der Waals surface area (Å²) in [6.07, 6.45) is -7.12. The topological polar surface area (TPSA) is 88.5 Å². The van der Waals surface area contributed by atoms with Crippen LogP contribution in [-0.2, 0) is 6.18 Å². The van der Waals surface area contributed by atoms with Gasteiger partial charge in [0.1, 0.15) is 17.1 Å². The molecule has 1 saturated carbocycles. The van der Waals surface area contributed by atoms with Gasteiger partial charge in [-0.1, -0.05) is 6.07 Å². The van der Waals surface area contributed by atoms with Crippen molar-refractivity contribution in [3.8, 4) is 11.5 Å². The Kier molecular flexibility index (Phi) is 6.23. The predicted molar refractivity (Wildman–Crippen MR) is 107 cm³/mol. The van der Waals surface area contributed by atoms with E-state index in [0.29, 0.717) is 0 Å².